The summed E-state index contributed by atoms with van der Waals surface area (Å²) in [6.45, 7) is 3.71. The Labute approximate surface area is 168 Å². The average Bonchev–Trinajstić information content (AvgIpc) is 3.10. The highest BCUT2D eigenvalue weighted by Gasteiger charge is 2.22. The first-order chi connectivity index (χ1) is 14.0. The lowest BCUT2D eigenvalue weighted by Gasteiger charge is -2.34. The third-order valence-electron chi connectivity index (χ3n) is 5.44. The molecule has 0 aliphatic carbocycles. The molecule has 0 saturated carbocycles. The quantitative estimate of drug-likeness (QED) is 0.697. The Hall–Kier alpha value is -3.19. The number of piperazine rings is 1. The summed E-state index contributed by atoms with van der Waals surface area (Å²) >= 11 is 0. The molecule has 1 fully saturated rings. The van der Waals surface area contributed by atoms with Gasteiger partial charge in [-0.05, 0) is 41.5 Å². The van der Waals surface area contributed by atoms with Gasteiger partial charge >= 0.3 is 0 Å². The van der Waals surface area contributed by atoms with Gasteiger partial charge in [-0.25, -0.2) is 4.39 Å². The van der Waals surface area contributed by atoms with E-state index in [1.54, 1.807) is 24.4 Å². The molecule has 2 heterocycles. The molecule has 2 aromatic carbocycles. The standard InChI is InChI=1S/C22H23FN4O2/c23-18-5-6-19-17(13-25-20(19)12-18)11-21(28)27-9-7-26(8-10-27)14-15-1-3-16(4-2-15)22(24)29/h1-6,12-13,25H,7-11,14H2,(H2,24,29). The number of hydrogen-bond acceptors (Lipinski definition) is 3. The predicted octanol–water partition coefficient (Wildman–Crippen LogP) is 2.29. The third kappa shape index (κ3) is 4.30. The van der Waals surface area contributed by atoms with Crippen molar-refractivity contribution in [2.45, 2.75) is 13.0 Å². The van der Waals surface area contributed by atoms with E-state index in [1.165, 1.54) is 12.1 Å². The van der Waals surface area contributed by atoms with Crippen molar-refractivity contribution in [1.29, 1.82) is 0 Å². The molecule has 6 nitrogen and oxygen atoms in total. The summed E-state index contributed by atoms with van der Waals surface area (Å²) in [5.41, 5.74) is 8.49. The van der Waals surface area contributed by atoms with Crippen LogP contribution in [0.3, 0.4) is 0 Å². The Morgan fingerprint density at radius 3 is 2.45 bits per heavy atom. The van der Waals surface area contributed by atoms with Gasteiger partial charge in [0.25, 0.3) is 0 Å². The number of hydrogen-bond donors (Lipinski definition) is 2. The Kier molecular flexibility index (Phi) is 5.31. The second-order valence-electron chi connectivity index (χ2n) is 7.40. The first kappa shape index (κ1) is 19.1. The molecule has 0 radical (unpaired) electrons. The number of nitrogens with two attached hydrogens (primary N) is 1. The van der Waals surface area contributed by atoms with Crippen molar-refractivity contribution in [3.05, 3.63) is 71.2 Å². The molecule has 3 N–H and O–H groups in total. The van der Waals surface area contributed by atoms with E-state index in [-0.39, 0.29) is 11.7 Å². The maximum Gasteiger partial charge on any atom is 0.248 e. The van der Waals surface area contributed by atoms with Gasteiger partial charge in [-0.1, -0.05) is 12.1 Å². The highest BCUT2D eigenvalue weighted by atomic mass is 19.1. The zero-order valence-corrected chi connectivity index (χ0v) is 16.0. The molecule has 1 saturated heterocycles. The smallest absolute Gasteiger partial charge is 0.248 e. The fourth-order valence-corrected chi connectivity index (χ4v) is 3.77. The van der Waals surface area contributed by atoms with Gasteiger partial charge in [-0.15, -0.1) is 0 Å². The van der Waals surface area contributed by atoms with Crippen LogP contribution < -0.4 is 5.73 Å². The zero-order valence-electron chi connectivity index (χ0n) is 16.0. The molecule has 29 heavy (non-hydrogen) atoms. The van der Waals surface area contributed by atoms with Crippen molar-refractivity contribution in [3.63, 3.8) is 0 Å². The van der Waals surface area contributed by atoms with E-state index in [1.807, 2.05) is 17.0 Å². The summed E-state index contributed by atoms with van der Waals surface area (Å²) < 4.78 is 13.3. The van der Waals surface area contributed by atoms with Crippen molar-refractivity contribution in [3.8, 4) is 0 Å². The fourth-order valence-electron chi connectivity index (χ4n) is 3.77. The summed E-state index contributed by atoms with van der Waals surface area (Å²) in [7, 11) is 0. The summed E-state index contributed by atoms with van der Waals surface area (Å²) in [6.07, 6.45) is 2.09. The van der Waals surface area contributed by atoms with Crippen molar-refractivity contribution >= 4 is 22.7 Å². The van der Waals surface area contributed by atoms with Gasteiger partial charge in [0.1, 0.15) is 5.82 Å². The molecule has 2 amide bonds. The topological polar surface area (TPSA) is 82.4 Å². The van der Waals surface area contributed by atoms with Crippen LogP contribution in [0.25, 0.3) is 10.9 Å². The minimum atomic E-state index is -0.427. The van der Waals surface area contributed by atoms with E-state index < -0.39 is 5.91 Å². The van der Waals surface area contributed by atoms with Gasteiger partial charge in [-0.2, -0.15) is 0 Å². The third-order valence-corrected chi connectivity index (χ3v) is 5.44. The summed E-state index contributed by atoms with van der Waals surface area (Å²) in [5.74, 6) is -0.637. The number of rotatable bonds is 5. The Bertz CT molecular complexity index is 1040. The number of benzene rings is 2. The molecular formula is C22H23FN4O2. The van der Waals surface area contributed by atoms with Crippen molar-refractivity contribution in [1.82, 2.24) is 14.8 Å². The van der Waals surface area contributed by atoms with Gasteiger partial charge < -0.3 is 15.6 Å². The number of nitrogens with zero attached hydrogens (tertiary/aromatic N) is 2. The molecule has 7 heteroatoms. The van der Waals surface area contributed by atoms with E-state index in [0.29, 0.717) is 30.6 Å². The van der Waals surface area contributed by atoms with Gasteiger partial charge in [0.05, 0.1) is 6.42 Å². The van der Waals surface area contributed by atoms with E-state index >= 15 is 0 Å². The number of aromatic amines is 1. The van der Waals surface area contributed by atoms with E-state index in [4.69, 9.17) is 5.73 Å². The summed E-state index contributed by atoms with van der Waals surface area (Å²) in [4.78, 5) is 31.1. The van der Waals surface area contributed by atoms with Crippen LogP contribution in [-0.2, 0) is 17.8 Å². The Balaban J connectivity index is 1.31. The maximum absolute atomic E-state index is 13.3. The van der Waals surface area contributed by atoms with Crippen molar-refractivity contribution in [2.24, 2.45) is 5.73 Å². The van der Waals surface area contributed by atoms with Crippen LogP contribution in [0.15, 0.2) is 48.7 Å². The molecule has 1 aromatic heterocycles. The van der Waals surface area contributed by atoms with E-state index in [2.05, 4.69) is 9.88 Å². The average molecular weight is 394 g/mol. The number of nitrogens with one attached hydrogen (secondary N) is 1. The molecule has 1 aliphatic rings. The van der Waals surface area contributed by atoms with Crippen LogP contribution >= 0.6 is 0 Å². The maximum atomic E-state index is 13.3. The van der Waals surface area contributed by atoms with Crippen LogP contribution in [0, 0.1) is 5.82 Å². The number of carbonyl (C=O) groups excluding carboxylic acids is 2. The molecule has 0 bridgehead atoms. The van der Waals surface area contributed by atoms with Crippen LogP contribution in [0.4, 0.5) is 4.39 Å². The van der Waals surface area contributed by atoms with E-state index in [9.17, 15) is 14.0 Å². The first-order valence-electron chi connectivity index (χ1n) is 9.64. The number of halogens is 1. The van der Waals surface area contributed by atoms with Gasteiger partial charge in [0, 0.05) is 55.4 Å². The molecule has 0 spiro atoms. The highest BCUT2D eigenvalue weighted by Crippen LogP contribution is 2.20. The SMILES string of the molecule is NC(=O)c1ccc(CN2CCN(C(=O)Cc3c[nH]c4cc(F)ccc34)CC2)cc1. The predicted molar refractivity (Wildman–Crippen MR) is 109 cm³/mol. The van der Waals surface area contributed by atoms with Crippen LogP contribution in [0.1, 0.15) is 21.5 Å². The van der Waals surface area contributed by atoms with Crippen LogP contribution in [0.2, 0.25) is 0 Å². The van der Waals surface area contributed by atoms with Crippen LogP contribution in [0.5, 0.6) is 0 Å². The lowest BCUT2D eigenvalue weighted by molar-refractivity contribution is -0.132. The Morgan fingerprint density at radius 2 is 1.76 bits per heavy atom. The largest absolute Gasteiger partial charge is 0.366 e. The molecular weight excluding hydrogens is 371 g/mol. The lowest BCUT2D eigenvalue weighted by Crippen LogP contribution is -2.48. The van der Waals surface area contributed by atoms with Crippen molar-refractivity contribution in [2.75, 3.05) is 26.2 Å². The molecule has 150 valence electrons. The monoisotopic (exact) mass is 394 g/mol. The van der Waals surface area contributed by atoms with Crippen LogP contribution in [-0.4, -0.2) is 52.8 Å². The normalized spacial score (nSPS) is 15.0. The lowest BCUT2D eigenvalue weighted by atomic mass is 10.1. The highest BCUT2D eigenvalue weighted by molar-refractivity contribution is 5.92. The summed E-state index contributed by atoms with van der Waals surface area (Å²) in [5, 5.41) is 0.887. The molecule has 1 aliphatic heterocycles. The summed E-state index contributed by atoms with van der Waals surface area (Å²) in [6, 6.07) is 11.9. The molecule has 4 rings (SSSR count). The molecule has 0 unspecified atom stereocenters. The number of fused-ring (bicyclic) bond motifs is 1. The van der Waals surface area contributed by atoms with E-state index in [0.717, 1.165) is 36.1 Å². The van der Waals surface area contributed by atoms with Gasteiger partial charge in [-0.3, -0.25) is 14.5 Å². The number of aromatic nitrogens is 1. The minimum Gasteiger partial charge on any atom is -0.366 e. The second kappa shape index (κ2) is 8.05. The molecule has 0 atom stereocenters. The Morgan fingerprint density at radius 1 is 1.03 bits per heavy atom. The van der Waals surface area contributed by atoms with Gasteiger partial charge in [0.2, 0.25) is 11.8 Å². The molecule has 3 aromatic rings. The zero-order chi connectivity index (χ0) is 20.4. The fraction of sp³-hybridized carbons (Fsp3) is 0.273. The second-order valence-corrected chi connectivity index (χ2v) is 7.40. The van der Waals surface area contributed by atoms with Gasteiger partial charge in [0.15, 0.2) is 0 Å². The number of H-pyrrole nitrogens is 1. The number of primary amides is 1. The first-order valence-corrected chi connectivity index (χ1v) is 9.64. The minimum absolute atomic E-state index is 0.0840. The number of amides is 2. The van der Waals surface area contributed by atoms with Crippen molar-refractivity contribution < 1.29 is 14.0 Å². The number of carbonyl (C=O) groups is 2.